The van der Waals surface area contributed by atoms with Gasteiger partial charge in [0.05, 0.1) is 0 Å². The van der Waals surface area contributed by atoms with Crippen LogP contribution in [0.2, 0.25) is 5.02 Å². The third kappa shape index (κ3) is 4.89. The Hall–Kier alpha value is -3.25. The van der Waals surface area contributed by atoms with E-state index >= 15 is 0 Å². The highest BCUT2D eigenvalue weighted by Crippen LogP contribution is 2.25. The Morgan fingerprint density at radius 1 is 1.00 bits per heavy atom. The van der Waals surface area contributed by atoms with Gasteiger partial charge in [-0.05, 0) is 36.1 Å². The fraction of sp³-hybridized carbons (Fsp3) is 0.100. The summed E-state index contributed by atoms with van der Waals surface area (Å²) in [7, 11) is 0. The summed E-state index contributed by atoms with van der Waals surface area (Å²) in [4.78, 5) is 23.7. The molecule has 0 aliphatic carbocycles. The molecule has 0 aromatic heterocycles. The van der Waals surface area contributed by atoms with Gasteiger partial charge in [0.25, 0.3) is 5.91 Å². The Labute approximate surface area is 161 Å². The van der Waals surface area contributed by atoms with Gasteiger partial charge in [0.2, 0.25) is 0 Å². The highest BCUT2D eigenvalue weighted by atomic mass is 35.5. The topological polar surface area (TPSA) is 79.5 Å². The van der Waals surface area contributed by atoms with Crippen molar-refractivity contribution in [2.45, 2.75) is 6.92 Å². The van der Waals surface area contributed by atoms with E-state index < -0.39 is 11.9 Å². The number of carbonyl (C=O) groups is 2. The van der Waals surface area contributed by atoms with Crippen LogP contribution in [0.15, 0.2) is 60.7 Å². The van der Waals surface area contributed by atoms with Crippen LogP contribution in [0.4, 0.5) is 10.5 Å². The van der Waals surface area contributed by atoms with Crippen molar-refractivity contribution < 1.29 is 14.3 Å². The molecule has 0 saturated carbocycles. The third-order valence-corrected chi connectivity index (χ3v) is 4.26. The molecule has 138 valence electrons. The Morgan fingerprint density at radius 2 is 1.78 bits per heavy atom. The number of halogens is 1. The van der Waals surface area contributed by atoms with Crippen LogP contribution in [0.5, 0.6) is 5.75 Å². The number of aryl methyl sites for hydroxylation is 1. The summed E-state index contributed by atoms with van der Waals surface area (Å²) >= 11 is 6.01. The number of anilines is 1. The first kappa shape index (κ1) is 18.5. The van der Waals surface area contributed by atoms with E-state index in [1.807, 2.05) is 43.3 Å². The van der Waals surface area contributed by atoms with Gasteiger partial charge < -0.3 is 10.1 Å². The van der Waals surface area contributed by atoms with E-state index in [0.29, 0.717) is 16.5 Å². The quantitative estimate of drug-likeness (QED) is 0.595. The average Bonchev–Trinajstić information content (AvgIpc) is 2.67. The smallest absolute Gasteiger partial charge is 0.337 e. The van der Waals surface area contributed by atoms with E-state index in [0.717, 1.165) is 16.3 Å². The standard InChI is InChI=1S/C20H18ClN3O3/c1-13-9-10-15(11-17(13)21)22-20(26)24-23-19(25)12-27-18-8-4-6-14-5-2-3-7-16(14)18/h2-11H,12H2,1H3,(H,23,25)(H2,22,24,26). The minimum absolute atomic E-state index is 0.232. The largest absolute Gasteiger partial charge is 0.483 e. The minimum Gasteiger partial charge on any atom is -0.483 e. The molecule has 0 saturated heterocycles. The lowest BCUT2D eigenvalue weighted by molar-refractivity contribution is -0.123. The lowest BCUT2D eigenvalue weighted by Crippen LogP contribution is -2.45. The predicted octanol–water partition coefficient (Wildman–Crippen LogP) is 4.03. The monoisotopic (exact) mass is 383 g/mol. The normalized spacial score (nSPS) is 10.3. The summed E-state index contributed by atoms with van der Waals surface area (Å²) in [5.41, 5.74) is 5.98. The minimum atomic E-state index is -0.589. The van der Waals surface area contributed by atoms with Gasteiger partial charge in [-0.1, -0.05) is 54.1 Å². The molecule has 0 aliphatic rings. The van der Waals surface area contributed by atoms with Crippen LogP contribution in [-0.2, 0) is 4.79 Å². The van der Waals surface area contributed by atoms with Crippen molar-refractivity contribution in [1.82, 2.24) is 10.9 Å². The molecule has 0 fully saturated rings. The van der Waals surface area contributed by atoms with Crippen molar-refractivity contribution in [1.29, 1.82) is 0 Å². The Kier molecular flexibility index (Phi) is 5.78. The molecule has 7 heteroatoms. The maximum absolute atomic E-state index is 11.9. The van der Waals surface area contributed by atoms with Crippen molar-refractivity contribution in [3.63, 3.8) is 0 Å². The van der Waals surface area contributed by atoms with E-state index in [-0.39, 0.29) is 6.61 Å². The summed E-state index contributed by atoms with van der Waals surface area (Å²) < 4.78 is 5.56. The van der Waals surface area contributed by atoms with Gasteiger partial charge >= 0.3 is 6.03 Å². The Morgan fingerprint density at radius 3 is 2.59 bits per heavy atom. The van der Waals surface area contributed by atoms with Crippen LogP contribution in [0, 0.1) is 6.92 Å². The number of fused-ring (bicyclic) bond motifs is 1. The highest BCUT2D eigenvalue weighted by molar-refractivity contribution is 6.31. The number of benzene rings is 3. The van der Waals surface area contributed by atoms with Gasteiger partial charge in [0.1, 0.15) is 5.75 Å². The molecule has 6 nitrogen and oxygen atoms in total. The van der Waals surface area contributed by atoms with Crippen molar-refractivity contribution in [2.75, 3.05) is 11.9 Å². The summed E-state index contributed by atoms with van der Waals surface area (Å²) in [6, 6.07) is 17.9. The number of ether oxygens (including phenoxy) is 1. The second kappa shape index (κ2) is 8.42. The predicted molar refractivity (Wildman–Crippen MR) is 106 cm³/mol. The number of amides is 3. The first-order chi connectivity index (χ1) is 13.0. The number of carbonyl (C=O) groups excluding carboxylic acids is 2. The molecule has 3 aromatic carbocycles. The number of hydrogen-bond donors (Lipinski definition) is 3. The highest BCUT2D eigenvalue weighted by Gasteiger charge is 2.08. The van der Waals surface area contributed by atoms with Gasteiger partial charge in [0, 0.05) is 16.1 Å². The lowest BCUT2D eigenvalue weighted by atomic mass is 10.1. The first-order valence-electron chi connectivity index (χ1n) is 8.25. The SMILES string of the molecule is Cc1ccc(NC(=O)NNC(=O)COc2cccc3ccccc23)cc1Cl. The molecule has 3 amide bonds. The third-order valence-electron chi connectivity index (χ3n) is 3.85. The van der Waals surface area contributed by atoms with Gasteiger partial charge in [-0.15, -0.1) is 0 Å². The maximum atomic E-state index is 11.9. The maximum Gasteiger partial charge on any atom is 0.337 e. The van der Waals surface area contributed by atoms with Crippen molar-refractivity contribution in [3.8, 4) is 5.75 Å². The summed E-state index contributed by atoms with van der Waals surface area (Å²) in [6.07, 6.45) is 0. The Balaban J connectivity index is 1.49. The van der Waals surface area contributed by atoms with Crippen molar-refractivity contribution in [3.05, 3.63) is 71.2 Å². The summed E-state index contributed by atoms with van der Waals surface area (Å²) in [6.45, 7) is 1.63. The zero-order valence-electron chi connectivity index (χ0n) is 14.6. The molecule has 0 spiro atoms. The van der Waals surface area contributed by atoms with Crippen LogP contribution in [0.3, 0.4) is 0 Å². The molecule has 0 radical (unpaired) electrons. The second-order valence-corrected chi connectivity index (χ2v) is 6.26. The fourth-order valence-corrected chi connectivity index (χ4v) is 2.64. The molecule has 0 unspecified atom stereocenters. The summed E-state index contributed by atoms with van der Waals surface area (Å²) in [5.74, 6) is 0.113. The zero-order valence-corrected chi connectivity index (χ0v) is 15.3. The Bertz CT molecular complexity index is 986. The van der Waals surface area contributed by atoms with E-state index in [1.165, 1.54) is 0 Å². The van der Waals surface area contributed by atoms with E-state index in [4.69, 9.17) is 16.3 Å². The van der Waals surface area contributed by atoms with Gasteiger partial charge in [-0.25, -0.2) is 10.2 Å². The summed E-state index contributed by atoms with van der Waals surface area (Å²) in [5, 5.41) is 5.05. The van der Waals surface area contributed by atoms with Crippen LogP contribution < -0.4 is 20.9 Å². The molecule has 0 atom stereocenters. The number of urea groups is 1. The molecular formula is C20H18ClN3O3. The van der Waals surface area contributed by atoms with Crippen LogP contribution in [0.25, 0.3) is 10.8 Å². The molecule has 27 heavy (non-hydrogen) atoms. The molecular weight excluding hydrogens is 366 g/mol. The van der Waals surface area contributed by atoms with E-state index in [1.54, 1.807) is 24.3 Å². The molecule has 0 aliphatic heterocycles. The molecule has 0 bridgehead atoms. The van der Waals surface area contributed by atoms with Crippen molar-refractivity contribution in [2.24, 2.45) is 0 Å². The van der Waals surface area contributed by atoms with Crippen LogP contribution in [-0.4, -0.2) is 18.5 Å². The fourth-order valence-electron chi connectivity index (χ4n) is 2.46. The molecule has 3 N–H and O–H groups in total. The van der Waals surface area contributed by atoms with Crippen LogP contribution >= 0.6 is 11.6 Å². The average molecular weight is 384 g/mol. The lowest BCUT2D eigenvalue weighted by Gasteiger charge is -2.11. The second-order valence-electron chi connectivity index (χ2n) is 5.86. The number of nitrogens with one attached hydrogen (secondary N) is 3. The van der Waals surface area contributed by atoms with Crippen molar-refractivity contribution >= 4 is 40.0 Å². The zero-order chi connectivity index (χ0) is 19.2. The molecule has 3 aromatic rings. The van der Waals surface area contributed by atoms with Gasteiger partial charge in [-0.2, -0.15) is 0 Å². The number of rotatable bonds is 4. The van der Waals surface area contributed by atoms with Crippen LogP contribution in [0.1, 0.15) is 5.56 Å². The first-order valence-corrected chi connectivity index (χ1v) is 8.63. The van der Waals surface area contributed by atoms with E-state index in [9.17, 15) is 9.59 Å². The van der Waals surface area contributed by atoms with Gasteiger partial charge in [0.15, 0.2) is 6.61 Å². The van der Waals surface area contributed by atoms with E-state index in [2.05, 4.69) is 16.2 Å². The molecule has 0 heterocycles. The number of hydrogen-bond acceptors (Lipinski definition) is 3. The molecule has 3 rings (SSSR count). The van der Waals surface area contributed by atoms with Gasteiger partial charge in [-0.3, -0.25) is 10.2 Å². The number of hydrazine groups is 1.